The van der Waals surface area contributed by atoms with Crippen LogP contribution in [0.5, 0.6) is 0 Å². The van der Waals surface area contributed by atoms with Crippen LogP contribution in [0, 0.1) is 17.3 Å². The predicted molar refractivity (Wildman–Crippen MR) is 465 cm³/mol. The van der Waals surface area contributed by atoms with E-state index in [4.69, 9.17) is 0 Å². The molecule has 0 atom stereocenters. The first kappa shape index (κ1) is 98.1. The second kappa shape index (κ2) is 39.8. The molecule has 4 saturated heterocycles. The number of H-pyrrole nitrogens is 4. The number of nitrogens with one attached hydrogen (secondary N) is 4. The molecule has 131 heavy (non-hydrogen) atoms. The molecule has 6 amide bonds. The summed E-state index contributed by atoms with van der Waals surface area (Å²) < 4.78 is 187. The van der Waals surface area contributed by atoms with E-state index >= 15 is 0 Å². The minimum absolute atomic E-state index is 0.0105. The summed E-state index contributed by atoms with van der Waals surface area (Å²) in [5.41, 5.74) is 6.47. The first-order valence-corrected chi connectivity index (χ1v) is 46.6. The van der Waals surface area contributed by atoms with Crippen molar-refractivity contribution in [2.75, 3.05) is 84.3 Å². The van der Waals surface area contributed by atoms with Crippen molar-refractivity contribution in [1.82, 2.24) is 79.4 Å². The average Bonchev–Trinajstić information content (AvgIpc) is 1.51. The van der Waals surface area contributed by atoms with Gasteiger partial charge in [0, 0.05) is 125 Å². The maximum absolute atomic E-state index is 13.4. The number of aromatic nitrogens is 8. The number of carbonyl (C=O) groups excluding carboxylic acids is 6. The van der Waals surface area contributed by atoms with Gasteiger partial charge in [-0.3, -0.25) is 54.1 Å². The number of hydrogen-bond acceptors (Lipinski definition) is 13. The highest BCUT2D eigenvalue weighted by Gasteiger charge is 2.45. The fourth-order valence-corrected chi connectivity index (χ4v) is 21.0. The highest BCUT2D eigenvalue weighted by molar-refractivity contribution is 7.89. The monoisotopic (exact) mass is 1860 g/mol. The lowest BCUT2D eigenvalue weighted by molar-refractivity contribution is -0.140. The molecule has 4 aromatic carbocycles. The molecule has 4 aromatic heterocycles. The van der Waals surface area contributed by atoms with E-state index in [2.05, 4.69) is 66.5 Å². The molecule has 0 unspecified atom stereocenters. The van der Waals surface area contributed by atoms with Crippen LogP contribution in [-0.2, 0) is 96.2 Å². The smallest absolute Gasteiger partial charge is 0.337 e. The van der Waals surface area contributed by atoms with E-state index in [-0.39, 0.29) is 107 Å². The number of carbonyl (C=O) groups is 6. The Bertz CT molecular complexity index is 5510. The van der Waals surface area contributed by atoms with E-state index in [1.807, 2.05) is 48.5 Å². The summed E-state index contributed by atoms with van der Waals surface area (Å²) in [7, 11) is -3.39. The summed E-state index contributed by atoms with van der Waals surface area (Å²) in [6.07, 6.45) is -11.0. The van der Waals surface area contributed by atoms with Crippen LogP contribution in [0.4, 0.5) is 52.7 Å². The number of halogens is 12. The number of benzene rings is 4. The largest absolute Gasteiger partial charge is 0.416 e. The zero-order valence-corrected chi connectivity index (χ0v) is 76.3. The molecule has 0 bridgehead atoms. The number of fused-ring (bicyclic) bond motifs is 4. The molecule has 710 valence electrons. The fourth-order valence-electron chi connectivity index (χ4n) is 19.2. The Kier molecular flexibility index (Phi) is 29.8. The standard InChI is InChI=1S/2C24H29F3N4O2.C23H29F3N4O3S.C23H29F3N4O/c1-23(2,3)22(33)31-13-10-17-19(14-31)28-29-20(17)21(32)30-11-8-15(9-12-30)16-6-4-5-7-18(16)24(25,26)27;1-15(2)13-21(32)31-12-9-18-20(14-31)28-29-22(18)23(33)30-10-7-16(8-11-30)17-5-3-4-6-19(17)24(25,26)27;1-15(2)14-34(32,33)30-12-9-18-20(13-30)27-28-21(18)22(31)29-10-7-16(8-11-29)17-5-3-4-6-19(17)23(24,25)26;1-22(2,3)30-13-10-17-19(14-30)27-28-20(17)21(31)29-11-8-15(9-12-29)16-6-4-5-7-18(16)23(24,25)26/h4-7,15H,8-14H2,1-3H3,(H,28,29);3-6,15-16H,7-14H2,1-2H3,(H,28,29);3-6,15-16H,7-14H2,1-2H3,(H,27,28);4-7,15H,8-14H2,1-3H3,(H,27,28). The first-order valence-electron chi connectivity index (χ1n) is 45.0. The third-order valence-electron chi connectivity index (χ3n) is 26.2. The predicted octanol–water partition coefficient (Wildman–Crippen LogP) is 17.2. The van der Waals surface area contributed by atoms with Crippen molar-refractivity contribution in [2.24, 2.45) is 17.3 Å². The first-order chi connectivity index (χ1) is 61.6. The van der Waals surface area contributed by atoms with E-state index < -0.39 is 62.4 Å². The van der Waals surface area contributed by atoms with Crippen LogP contribution in [0.3, 0.4) is 0 Å². The van der Waals surface area contributed by atoms with Crippen LogP contribution in [0.15, 0.2) is 97.1 Å². The van der Waals surface area contributed by atoms with Gasteiger partial charge in [0.25, 0.3) is 23.6 Å². The molecule has 0 saturated carbocycles. The molecule has 12 heterocycles. The number of likely N-dealkylation sites (tertiary alicyclic amines) is 4. The van der Waals surface area contributed by atoms with E-state index in [0.717, 1.165) is 83.1 Å². The van der Waals surface area contributed by atoms with Gasteiger partial charge in [0.1, 0.15) is 0 Å². The van der Waals surface area contributed by atoms with Gasteiger partial charge in [-0.2, -0.15) is 77.4 Å². The number of rotatable bonds is 13. The van der Waals surface area contributed by atoms with Gasteiger partial charge in [0.2, 0.25) is 21.8 Å². The molecular formula is C94H116F12N16O8S. The Morgan fingerprint density at radius 2 is 0.634 bits per heavy atom. The Labute approximate surface area is 754 Å². The van der Waals surface area contributed by atoms with E-state index in [0.29, 0.717) is 195 Å². The van der Waals surface area contributed by atoms with Crippen LogP contribution >= 0.6 is 0 Å². The molecule has 37 heteroatoms. The molecule has 0 radical (unpaired) electrons. The number of nitrogens with zero attached hydrogens (tertiary/aromatic N) is 12. The Balaban J connectivity index is 0.000000149. The maximum atomic E-state index is 13.4. The third-order valence-corrected chi connectivity index (χ3v) is 28.4. The molecule has 16 rings (SSSR count). The van der Waals surface area contributed by atoms with Crippen molar-refractivity contribution >= 4 is 45.5 Å². The van der Waals surface area contributed by atoms with Gasteiger partial charge < -0.3 is 29.4 Å². The zero-order valence-electron chi connectivity index (χ0n) is 75.5. The Morgan fingerprint density at radius 1 is 0.359 bits per heavy atom. The highest BCUT2D eigenvalue weighted by atomic mass is 32.2. The van der Waals surface area contributed by atoms with Crippen molar-refractivity contribution in [3.63, 3.8) is 0 Å². The molecule has 4 N–H and O–H groups in total. The molecule has 24 nitrogen and oxygen atoms in total. The van der Waals surface area contributed by atoms with Crippen molar-refractivity contribution < 1.29 is 89.9 Å². The number of sulfonamides is 1. The van der Waals surface area contributed by atoms with Crippen molar-refractivity contribution in [3.05, 3.63) is 209 Å². The lowest BCUT2D eigenvalue weighted by Gasteiger charge is -2.38. The van der Waals surface area contributed by atoms with Gasteiger partial charge in [-0.05, 0) is 180 Å². The highest BCUT2D eigenvalue weighted by Crippen LogP contribution is 2.45. The maximum Gasteiger partial charge on any atom is 0.416 e. The fraction of sp³-hybridized carbons (Fsp3) is 0.553. The normalized spacial score (nSPS) is 18.1. The van der Waals surface area contributed by atoms with Crippen molar-refractivity contribution in [2.45, 2.75) is 233 Å². The van der Waals surface area contributed by atoms with E-state index in [1.54, 1.807) is 71.9 Å². The van der Waals surface area contributed by atoms with Crippen LogP contribution in [0.2, 0.25) is 0 Å². The topological polar surface area (TPSA) is 277 Å². The van der Waals surface area contributed by atoms with Crippen LogP contribution in [-0.4, -0.2) is 213 Å². The van der Waals surface area contributed by atoms with Crippen molar-refractivity contribution in [3.8, 4) is 0 Å². The molecule has 0 spiro atoms. The minimum atomic E-state index is -4.41. The van der Waals surface area contributed by atoms with Crippen LogP contribution in [0.1, 0.15) is 282 Å². The van der Waals surface area contributed by atoms with Crippen molar-refractivity contribution in [1.29, 1.82) is 0 Å². The van der Waals surface area contributed by atoms with Crippen LogP contribution < -0.4 is 0 Å². The van der Waals surface area contributed by atoms with Gasteiger partial charge in [-0.15, -0.1) is 0 Å². The summed E-state index contributed by atoms with van der Waals surface area (Å²) in [6, 6.07) is 22.8. The average molecular weight is 1860 g/mol. The van der Waals surface area contributed by atoms with E-state index in [1.165, 1.54) is 34.6 Å². The third kappa shape index (κ3) is 22.9. The number of piperidine rings is 4. The zero-order chi connectivity index (χ0) is 94.8. The van der Waals surface area contributed by atoms with Gasteiger partial charge >= 0.3 is 24.7 Å². The Hall–Kier alpha value is -10.4. The molecule has 4 fully saturated rings. The summed E-state index contributed by atoms with van der Waals surface area (Å²) in [4.78, 5) is 90.2. The molecule has 8 aromatic rings. The quantitative estimate of drug-likeness (QED) is 0.0783. The summed E-state index contributed by atoms with van der Waals surface area (Å²) in [5, 5.41) is 28.7. The molecule has 0 aliphatic carbocycles. The van der Waals surface area contributed by atoms with Gasteiger partial charge in [-0.1, -0.05) is 121 Å². The molecule has 8 aliphatic rings. The summed E-state index contributed by atoms with van der Waals surface area (Å²) in [5.74, 6) is -1.22. The summed E-state index contributed by atoms with van der Waals surface area (Å²) in [6.45, 7) is 26.9. The second-order valence-electron chi connectivity index (χ2n) is 38.2. The lowest BCUT2D eigenvalue weighted by Crippen LogP contribution is -2.44. The number of alkyl halides is 12. The minimum Gasteiger partial charge on any atom is -0.337 e. The number of aromatic amines is 4. The van der Waals surface area contributed by atoms with Gasteiger partial charge in [-0.25, -0.2) is 8.42 Å². The number of hydrogen-bond donors (Lipinski definition) is 4. The molecule has 8 aliphatic heterocycles. The summed E-state index contributed by atoms with van der Waals surface area (Å²) >= 11 is 0. The Morgan fingerprint density at radius 3 is 0.924 bits per heavy atom. The lowest BCUT2D eigenvalue weighted by atomic mass is 9.86. The van der Waals surface area contributed by atoms with Crippen LogP contribution in [0.25, 0.3) is 0 Å². The van der Waals surface area contributed by atoms with Gasteiger partial charge in [0.05, 0.1) is 70.4 Å². The second-order valence-corrected chi connectivity index (χ2v) is 40.2. The number of amides is 6. The SMILES string of the molecule is CC(C)(C)C(=O)N1CCc2c(C(=O)N3CCC(c4ccccc4C(F)(F)F)CC3)n[nH]c2C1.CC(C)(C)N1CCc2c(C(=O)N3CCC(c4ccccc4C(F)(F)F)CC3)n[nH]c2C1.CC(C)CC(=O)N1CCc2c(C(=O)N3CCC(c4ccccc4C(F)(F)F)CC3)n[nH]c2C1.CC(C)CS(=O)(=O)N1CCc2c(C(=O)N3CCC(c4ccccc4C(F)(F)F)CC3)n[nH]c2C1. The van der Waals surface area contributed by atoms with E-state index in [9.17, 15) is 89.9 Å². The van der Waals surface area contributed by atoms with Gasteiger partial charge in [0.15, 0.2) is 22.8 Å². The molecular weight excluding hydrogens is 1740 g/mol.